The quantitative estimate of drug-likeness (QED) is 0.849. The molecule has 2 rings (SSSR count). The van der Waals surface area contributed by atoms with Crippen LogP contribution in [0.15, 0.2) is 42.5 Å². The number of para-hydroxylation sites is 2. The molecule has 7 heteroatoms. The molecule has 0 atom stereocenters. The fourth-order valence-corrected chi connectivity index (χ4v) is 2.09. The van der Waals surface area contributed by atoms with E-state index in [9.17, 15) is 9.59 Å². The molecule has 0 radical (unpaired) electrons. The van der Waals surface area contributed by atoms with Crippen LogP contribution in [0.2, 0.25) is 5.02 Å². The number of primary amides is 1. The summed E-state index contributed by atoms with van der Waals surface area (Å²) in [6.45, 7) is -0.328. The van der Waals surface area contributed by atoms with E-state index in [1.165, 1.54) is 13.2 Å². The summed E-state index contributed by atoms with van der Waals surface area (Å²) in [5, 5.41) is 3.03. The third-order valence-electron chi connectivity index (χ3n) is 2.96. The molecule has 3 N–H and O–H groups in total. The van der Waals surface area contributed by atoms with E-state index in [-0.39, 0.29) is 17.9 Å². The molecule has 120 valence electrons. The van der Waals surface area contributed by atoms with E-state index >= 15 is 0 Å². The number of halogens is 1. The van der Waals surface area contributed by atoms with Gasteiger partial charge in [0.2, 0.25) is 0 Å². The second kappa shape index (κ2) is 7.51. The Bertz CT molecular complexity index is 734. The summed E-state index contributed by atoms with van der Waals surface area (Å²) in [7, 11) is 1.43. The first-order valence-corrected chi connectivity index (χ1v) is 7.04. The minimum Gasteiger partial charge on any atom is -0.493 e. The van der Waals surface area contributed by atoms with Gasteiger partial charge in [0, 0.05) is 0 Å². The maximum atomic E-state index is 12.0. The van der Waals surface area contributed by atoms with Gasteiger partial charge in [0.05, 0.1) is 23.4 Å². The van der Waals surface area contributed by atoms with Gasteiger partial charge < -0.3 is 20.5 Å². The largest absolute Gasteiger partial charge is 0.493 e. The van der Waals surface area contributed by atoms with Crippen molar-refractivity contribution in [1.29, 1.82) is 0 Å². The molecular weight excluding hydrogens is 320 g/mol. The van der Waals surface area contributed by atoms with Gasteiger partial charge in [0.15, 0.2) is 18.1 Å². The Kier molecular flexibility index (Phi) is 5.43. The van der Waals surface area contributed by atoms with Gasteiger partial charge in [-0.3, -0.25) is 9.59 Å². The van der Waals surface area contributed by atoms with Crippen molar-refractivity contribution in [1.82, 2.24) is 0 Å². The van der Waals surface area contributed by atoms with Crippen LogP contribution in [0.3, 0.4) is 0 Å². The Labute approximate surface area is 138 Å². The average molecular weight is 335 g/mol. The summed E-state index contributed by atoms with van der Waals surface area (Å²) in [4.78, 5) is 23.4. The van der Waals surface area contributed by atoms with Gasteiger partial charge in [-0.15, -0.1) is 0 Å². The Hall–Kier alpha value is -2.73. The average Bonchev–Trinajstić information content (AvgIpc) is 2.54. The van der Waals surface area contributed by atoms with Crippen molar-refractivity contribution in [2.24, 2.45) is 5.73 Å². The number of ether oxygens (including phenoxy) is 2. The third kappa shape index (κ3) is 4.14. The number of nitrogens with one attached hydrogen (secondary N) is 1. The molecule has 0 aromatic heterocycles. The number of carbonyl (C=O) groups is 2. The van der Waals surface area contributed by atoms with Crippen LogP contribution in [0.5, 0.6) is 11.5 Å². The lowest BCUT2D eigenvalue weighted by molar-refractivity contribution is -0.118. The van der Waals surface area contributed by atoms with Crippen molar-refractivity contribution in [2.45, 2.75) is 0 Å². The van der Waals surface area contributed by atoms with Crippen molar-refractivity contribution >= 4 is 29.1 Å². The first-order valence-electron chi connectivity index (χ1n) is 6.67. The van der Waals surface area contributed by atoms with Crippen LogP contribution in [-0.4, -0.2) is 25.5 Å². The number of anilines is 1. The van der Waals surface area contributed by atoms with Gasteiger partial charge in [0.1, 0.15) is 0 Å². The molecule has 23 heavy (non-hydrogen) atoms. The standard InChI is InChI=1S/C16H15ClN2O4/c1-22-13-8-4-5-10(16(18)21)15(13)23-9-14(20)19-12-7-3-2-6-11(12)17/h2-8H,9H2,1H3,(H2,18,21)(H,19,20). The number of hydrogen-bond acceptors (Lipinski definition) is 4. The van der Waals surface area contributed by atoms with E-state index in [0.29, 0.717) is 16.5 Å². The van der Waals surface area contributed by atoms with E-state index in [4.69, 9.17) is 26.8 Å². The van der Waals surface area contributed by atoms with E-state index in [1.54, 1.807) is 36.4 Å². The molecule has 0 aliphatic carbocycles. The number of benzene rings is 2. The van der Waals surface area contributed by atoms with E-state index < -0.39 is 11.8 Å². The van der Waals surface area contributed by atoms with E-state index in [2.05, 4.69) is 5.32 Å². The van der Waals surface area contributed by atoms with Crippen LogP contribution in [0, 0.1) is 0 Å². The summed E-state index contributed by atoms with van der Waals surface area (Å²) in [6, 6.07) is 11.5. The Morgan fingerprint density at radius 3 is 2.57 bits per heavy atom. The van der Waals surface area contributed by atoms with Crippen LogP contribution < -0.4 is 20.5 Å². The number of methoxy groups -OCH3 is 1. The zero-order valence-electron chi connectivity index (χ0n) is 12.3. The minimum atomic E-state index is -0.676. The van der Waals surface area contributed by atoms with Crippen LogP contribution in [-0.2, 0) is 4.79 Å². The van der Waals surface area contributed by atoms with Crippen molar-refractivity contribution in [3.8, 4) is 11.5 Å². The molecule has 0 saturated carbocycles. The normalized spacial score (nSPS) is 10.0. The Morgan fingerprint density at radius 1 is 1.17 bits per heavy atom. The zero-order chi connectivity index (χ0) is 16.8. The first-order chi connectivity index (χ1) is 11.0. The molecule has 0 unspecified atom stereocenters. The molecule has 0 spiro atoms. The van der Waals surface area contributed by atoms with Crippen molar-refractivity contribution < 1.29 is 19.1 Å². The predicted molar refractivity (Wildman–Crippen MR) is 87.1 cm³/mol. The third-order valence-corrected chi connectivity index (χ3v) is 3.29. The molecule has 2 aromatic carbocycles. The van der Waals surface area contributed by atoms with Crippen LogP contribution in [0.4, 0.5) is 5.69 Å². The Balaban J connectivity index is 2.10. The van der Waals surface area contributed by atoms with Crippen LogP contribution in [0.1, 0.15) is 10.4 Å². The summed E-state index contributed by atoms with van der Waals surface area (Å²) < 4.78 is 10.5. The fourth-order valence-electron chi connectivity index (χ4n) is 1.91. The number of amides is 2. The lowest BCUT2D eigenvalue weighted by atomic mass is 10.2. The van der Waals surface area contributed by atoms with E-state index in [0.717, 1.165) is 0 Å². The highest BCUT2D eigenvalue weighted by Gasteiger charge is 2.16. The molecule has 0 aliphatic rings. The van der Waals surface area contributed by atoms with Gasteiger partial charge in [-0.1, -0.05) is 29.8 Å². The van der Waals surface area contributed by atoms with Crippen LogP contribution >= 0.6 is 11.6 Å². The van der Waals surface area contributed by atoms with Crippen molar-refractivity contribution in [3.63, 3.8) is 0 Å². The van der Waals surface area contributed by atoms with Crippen LogP contribution in [0.25, 0.3) is 0 Å². The van der Waals surface area contributed by atoms with E-state index in [1.807, 2.05) is 0 Å². The monoisotopic (exact) mass is 334 g/mol. The van der Waals surface area contributed by atoms with Gasteiger partial charge in [-0.05, 0) is 24.3 Å². The first kappa shape index (κ1) is 16.6. The Morgan fingerprint density at radius 2 is 1.91 bits per heavy atom. The highest BCUT2D eigenvalue weighted by molar-refractivity contribution is 6.33. The highest BCUT2D eigenvalue weighted by atomic mass is 35.5. The van der Waals surface area contributed by atoms with Gasteiger partial charge in [-0.25, -0.2) is 0 Å². The van der Waals surface area contributed by atoms with Gasteiger partial charge >= 0.3 is 0 Å². The maximum absolute atomic E-state index is 12.0. The molecule has 2 aromatic rings. The molecule has 0 heterocycles. The SMILES string of the molecule is COc1cccc(C(N)=O)c1OCC(=O)Nc1ccccc1Cl. The van der Waals surface area contributed by atoms with Crippen molar-refractivity contribution in [2.75, 3.05) is 19.0 Å². The molecule has 0 bridgehead atoms. The number of nitrogens with two attached hydrogens (primary N) is 1. The summed E-state index contributed by atoms with van der Waals surface area (Å²) >= 11 is 5.96. The zero-order valence-corrected chi connectivity index (χ0v) is 13.1. The smallest absolute Gasteiger partial charge is 0.262 e. The van der Waals surface area contributed by atoms with Crippen molar-refractivity contribution in [3.05, 3.63) is 53.1 Å². The summed E-state index contributed by atoms with van der Waals surface area (Å²) in [5.74, 6) is -0.673. The second-order valence-electron chi connectivity index (χ2n) is 4.52. The second-order valence-corrected chi connectivity index (χ2v) is 4.93. The molecular formula is C16H15ClN2O4. The lowest BCUT2D eigenvalue weighted by Gasteiger charge is -2.13. The predicted octanol–water partition coefficient (Wildman–Crippen LogP) is 2.46. The molecule has 0 saturated heterocycles. The molecule has 2 amide bonds. The van der Waals surface area contributed by atoms with Gasteiger partial charge in [-0.2, -0.15) is 0 Å². The number of carbonyl (C=O) groups excluding carboxylic acids is 2. The topological polar surface area (TPSA) is 90.7 Å². The molecule has 0 fully saturated rings. The number of hydrogen-bond donors (Lipinski definition) is 2. The summed E-state index contributed by atoms with van der Waals surface area (Å²) in [6.07, 6.45) is 0. The van der Waals surface area contributed by atoms with Gasteiger partial charge in [0.25, 0.3) is 11.8 Å². The summed E-state index contributed by atoms with van der Waals surface area (Å²) in [5.41, 5.74) is 5.90. The maximum Gasteiger partial charge on any atom is 0.262 e. The molecule has 0 aliphatic heterocycles. The minimum absolute atomic E-state index is 0.122. The molecule has 6 nitrogen and oxygen atoms in total. The lowest BCUT2D eigenvalue weighted by Crippen LogP contribution is -2.22. The fraction of sp³-hybridized carbons (Fsp3) is 0.125. The number of rotatable bonds is 6. The highest BCUT2D eigenvalue weighted by Crippen LogP contribution is 2.30.